The topological polar surface area (TPSA) is 70.7 Å². The molecule has 1 aromatic carbocycles. The number of aromatic nitrogens is 3. The van der Waals surface area contributed by atoms with Crippen LogP contribution in [-0.4, -0.2) is 20.9 Å². The van der Waals surface area contributed by atoms with E-state index in [1.807, 2.05) is 44.2 Å². The molecule has 0 spiro atoms. The molecule has 0 saturated carbocycles. The summed E-state index contributed by atoms with van der Waals surface area (Å²) in [6, 6.07) is 11.4. The minimum atomic E-state index is -0.138. The van der Waals surface area contributed by atoms with Gasteiger partial charge < -0.3 is 10.3 Å². The summed E-state index contributed by atoms with van der Waals surface area (Å²) in [6.07, 6.45) is 0. The standard InChI is InChI=1S/C16H16N4O/c1-10-7-8-12(11(2)18-10)16(21)17-9-15-19-13-5-3-4-6-14(13)20-15/h3-8H,9H2,1-2H3,(H,17,21)(H,19,20). The Labute approximate surface area is 122 Å². The third-order valence-corrected chi connectivity index (χ3v) is 3.32. The van der Waals surface area contributed by atoms with Gasteiger partial charge in [0.15, 0.2) is 0 Å². The Hall–Kier alpha value is -2.69. The minimum absolute atomic E-state index is 0.138. The Kier molecular flexibility index (Phi) is 3.39. The molecule has 2 N–H and O–H groups in total. The van der Waals surface area contributed by atoms with Crippen LogP contribution in [0.5, 0.6) is 0 Å². The number of aryl methyl sites for hydroxylation is 2. The lowest BCUT2D eigenvalue weighted by Gasteiger charge is -2.06. The average Bonchev–Trinajstić information content (AvgIpc) is 2.87. The highest BCUT2D eigenvalue weighted by atomic mass is 16.1. The molecule has 0 aliphatic heterocycles. The molecule has 0 saturated heterocycles. The molecule has 5 nitrogen and oxygen atoms in total. The van der Waals surface area contributed by atoms with Crippen LogP contribution in [-0.2, 0) is 6.54 Å². The predicted molar refractivity (Wildman–Crippen MR) is 81.0 cm³/mol. The number of hydrogen-bond donors (Lipinski definition) is 2. The Balaban J connectivity index is 1.73. The number of fused-ring (bicyclic) bond motifs is 1. The van der Waals surface area contributed by atoms with Crippen LogP contribution in [0.1, 0.15) is 27.6 Å². The Bertz CT molecular complexity index is 774. The van der Waals surface area contributed by atoms with E-state index in [4.69, 9.17) is 0 Å². The van der Waals surface area contributed by atoms with E-state index < -0.39 is 0 Å². The van der Waals surface area contributed by atoms with E-state index in [1.165, 1.54) is 0 Å². The fourth-order valence-electron chi connectivity index (χ4n) is 2.28. The molecule has 0 radical (unpaired) electrons. The summed E-state index contributed by atoms with van der Waals surface area (Å²) >= 11 is 0. The Morgan fingerprint density at radius 1 is 1.14 bits per heavy atom. The van der Waals surface area contributed by atoms with Crippen molar-refractivity contribution in [2.45, 2.75) is 20.4 Å². The second kappa shape index (κ2) is 5.36. The van der Waals surface area contributed by atoms with E-state index >= 15 is 0 Å². The van der Waals surface area contributed by atoms with Gasteiger partial charge >= 0.3 is 0 Å². The minimum Gasteiger partial charge on any atom is -0.345 e. The van der Waals surface area contributed by atoms with Crippen molar-refractivity contribution >= 4 is 16.9 Å². The molecule has 2 aromatic heterocycles. The lowest BCUT2D eigenvalue weighted by molar-refractivity contribution is 0.0949. The van der Waals surface area contributed by atoms with Crippen LogP contribution in [0.4, 0.5) is 0 Å². The van der Waals surface area contributed by atoms with Gasteiger partial charge in [-0.1, -0.05) is 12.1 Å². The van der Waals surface area contributed by atoms with Gasteiger partial charge in [-0.3, -0.25) is 9.78 Å². The first-order valence-corrected chi connectivity index (χ1v) is 6.79. The van der Waals surface area contributed by atoms with Crippen molar-refractivity contribution < 1.29 is 4.79 Å². The first-order valence-electron chi connectivity index (χ1n) is 6.79. The van der Waals surface area contributed by atoms with Crippen LogP contribution in [0.25, 0.3) is 11.0 Å². The number of benzene rings is 1. The van der Waals surface area contributed by atoms with Gasteiger partial charge in [-0.2, -0.15) is 0 Å². The quantitative estimate of drug-likeness (QED) is 0.774. The highest BCUT2D eigenvalue weighted by Crippen LogP contribution is 2.11. The molecular formula is C16H16N4O. The number of nitrogens with one attached hydrogen (secondary N) is 2. The normalized spacial score (nSPS) is 10.8. The molecule has 3 rings (SSSR count). The third-order valence-electron chi connectivity index (χ3n) is 3.32. The number of amides is 1. The summed E-state index contributed by atoms with van der Waals surface area (Å²) in [7, 11) is 0. The third kappa shape index (κ3) is 2.76. The van der Waals surface area contributed by atoms with Crippen molar-refractivity contribution in [1.82, 2.24) is 20.3 Å². The maximum atomic E-state index is 12.2. The van der Waals surface area contributed by atoms with E-state index in [9.17, 15) is 4.79 Å². The summed E-state index contributed by atoms with van der Waals surface area (Å²) in [5, 5.41) is 2.86. The SMILES string of the molecule is Cc1ccc(C(=O)NCc2nc3ccccc3[nH]2)c(C)n1. The monoisotopic (exact) mass is 280 g/mol. The zero-order valence-electron chi connectivity index (χ0n) is 12.0. The highest BCUT2D eigenvalue weighted by Gasteiger charge is 2.10. The zero-order valence-corrected chi connectivity index (χ0v) is 12.0. The smallest absolute Gasteiger partial charge is 0.253 e. The van der Waals surface area contributed by atoms with Crippen LogP contribution in [0.3, 0.4) is 0 Å². The summed E-state index contributed by atoms with van der Waals surface area (Å²) in [5.41, 5.74) is 4.10. The van der Waals surface area contributed by atoms with Crippen molar-refractivity contribution in [3.8, 4) is 0 Å². The Morgan fingerprint density at radius 3 is 2.71 bits per heavy atom. The predicted octanol–water partition coefficient (Wildman–Crippen LogP) is 2.50. The highest BCUT2D eigenvalue weighted by molar-refractivity contribution is 5.95. The molecule has 1 amide bonds. The summed E-state index contributed by atoms with van der Waals surface area (Å²) in [6.45, 7) is 4.10. The van der Waals surface area contributed by atoms with Crippen LogP contribution < -0.4 is 5.32 Å². The molecule has 2 heterocycles. The summed E-state index contributed by atoms with van der Waals surface area (Å²) < 4.78 is 0. The fraction of sp³-hybridized carbons (Fsp3) is 0.188. The number of para-hydroxylation sites is 2. The number of hydrogen-bond acceptors (Lipinski definition) is 3. The molecule has 0 fully saturated rings. The number of H-pyrrole nitrogens is 1. The van der Waals surface area contributed by atoms with Crippen molar-refractivity contribution in [3.05, 3.63) is 59.2 Å². The number of pyridine rings is 1. The molecule has 0 unspecified atom stereocenters. The van der Waals surface area contributed by atoms with Crippen LogP contribution in [0, 0.1) is 13.8 Å². The van der Waals surface area contributed by atoms with Gasteiger partial charge in [-0.25, -0.2) is 4.98 Å². The largest absolute Gasteiger partial charge is 0.345 e. The van der Waals surface area contributed by atoms with Crippen molar-refractivity contribution in [2.24, 2.45) is 0 Å². The fourth-order valence-corrected chi connectivity index (χ4v) is 2.28. The first kappa shape index (κ1) is 13.3. The van der Waals surface area contributed by atoms with Crippen LogP contribution >= 0.6 is 0 Å². The van der Waals surface area contributed by atoms with E-state index in [2.05, 4.69) is 20.3 Å². The number of nitrogens with zero attached hydrogens (tertiary/aromatic N) is 2. The van der Waals surface area contributed by atoms with Gasteiger partial charge in [0.2, 0.25) is 0 Å². The molecule has 106 valence electrons. The van der Waals surface area contributed by atoms with Crippen LogP contribution in [0.15, 0.2) is 36.4 Å². The maximum Gasteiger partial charge on any atom is 0.253 e. The van der Waals surface area contributed by atoms with E-state index in [0.29, 0.717) is 12.1 Å². The second-order valence-corrected chi connectivity index (χ2v) is 4.97. The first-order chi connectivity index (χ1) is 10.1. The number of carbonyl (C=O) groups is 1. The van der Waals surface area contributed by atoms with Gasteiger partial charge in [-0.15, -0.1) is 0 Å². The zero-order chi connectivity index (χ0) is 14.8. The van der Waals surface area contributed by atoms with Gasteiger partial charge in [0.1, 0.15) is 5.82 Å². The molecule has 0 atom stereocenters. The molecule has 0 bridgehead atoms. The lowest BCUT2D eigenvalue weighted by atomic mass is 10.2. The average molecular weight is 280 g/mol. The molecule has 0 aliphatic carbocycles. The van der Waals surface area contributed by atoms with E-state index in [-0.39, 0.29) is 5.91 Å². The number of carbonyl (C=O) groups excluding carboxylic acids is 1. The van der Waals surface area contributed by atoms with Crippen molar-refractivity contribution in [3.63, 3.8) is 0 Å². The van der Waals surface area contributed by atoms with Crippen molar-refractivity contribution in [1.29, 1.82) is 0 Å². The summed E-state index contributed by atoms with van der Waals surface area (Å²) in [5.74, 6) is 0.600. The summed E-state index contributed by atoms with van der Waals surface area (Å²) in [4.78, 5) is 24.1. The lowest BCUT2D eigenvalue weighted by Crippen LogP contribution is -2.24. The molecule has 0 aliphatic rings. The molecular weight excluding hydrogens is 264 g/mol. The molecule has 3 aromatic rings. The second-order valence-electron chi connectivity index (χ2n) is 4.97. The van der Waals surface area contributed by atoms with Gasteiger partial charge in [-0.05, 0) is 38.1 Å². The molecule has 5 heteroatoms. The van der Waals surface area contributed by atoms with Gasteiger partial charge in [0.05, 0.1) is 28.8 Å². The number of imidazole rings is 1. The number of aromatic amines is 1. The van der Waals surface area contributed by atoms with E-state index in [1.54, 1.807) is 6.07 Å². The van der Waals surface area contributed by atoms with Crippen molar-refractivity contribution in [2.75, 3.05) is 0 Å². The van der Waals surface area contributed by atoms with E-state index in [0.717, 1.165) is 28.2 Å². The molecule has 21 heavy (non-hydrogen) atoms. The number of rotatable bonds is 3. The van der Waals surface area contributed by atoms with Gasteiger partial charge in [0.25, 0.3) is 5.91 Å². The maximum absolute atomic E-state index is 12.2. The van der Waals surface area contributed by atoms with Crippen LogP contribution in [0.2, 0.25) is 0 Å². The van der Waals surface area contributed by atoms with Gasteiger partial charge in [0, 0.05) is 5.69 Å². The Morgan fingerprint density at radius 2 is 1.95 bits per heavy atom.